The van der Waals surface area contributed by atoms with Gasteiger partial charge in [-0.1, -0.05) is 91.6 Å². The molecular formula is C44H76N4O7. The summed E-state index contributed by atoms with van der Waals surface area (Å²) in [5.41, 5.74) is 0.715. The summed E-state index contributed by atoms with van der Waals surface area (Å²) in [6.07, 6.45) is 1.15. The summed E-state index contributed by atoms with van der Waals surface area (Å²) in [4.78, 5) is 62.0. The van der Waals surface area contributed by atoms with E-state index in [2.05, 4.69) is 58.7 Å². The normalized spacial score (nSPS) is 20.3. The summed E-state index contributed by atoms with van der Waals surface area (Å²) >= 11 is 0. The van der Waals surface area contributed by atoms with Crippen LogP contribution in [0.4, 0.5) is 0 Å². The summed E-state index contributed by atoms with van der Waals surface area (Å²) < 4.78 is 12.0. The predicted octanol–water partition coefficient (Wildman–Crippen LogP) is 6.13. The Kier molecular flexibility index (Phi) is 20.0. The lowest BCUT2D eigenvalue weighted by molar-refractivity contribution is -0.149. The second kappa shape index (κ2) is 22.8. The average Bonchev–Trinajstić information content (AvgIpc) is 3.65. The number of rotatable bonds is 23. The van der Waals surface area contributed by atoms with E-state index in [0.29, 0.717) is 18.5 Å². The molecule has 11 nitrogen and oxygen atoms in total. The monoisotopic (exact) mass is 773 g/mol. The molecule has 314 valence electrons. The van der Waals surface area contributed by atoms with E-state index in [0.717, 1.165) is 19.3 Å². The number of likely N-dealkylation sites (tertiary alicyclic amines) is 1. The molecule has 1 aliphatic heterocycles. The molecule has 3 amide bonds. The van der Waals surface area contributed by atoms with Crippen molar-refractivity contribution in [2.24, 2.45) is 29.6 Å². The molecule has 2 N–H and O–H groups in total. The zero-order valence-corrected chi connectivity index (χ0v) is 36.6. The molecule has 0 aliphatic carbocycles. The highest BCUT2D eigenvalue weighted by atomic mass is 16.5. The highest BCUT2D eigenvalue weighted by Crippen LogP contribution is 2.32. The minimum Gasteiger partial charge on any atom is -0.386 e. The Labute approximate surface area is 333 Å². The van der Waals surface area contributed by atoms with Crippen LogP contribution in [0, 0.1) is 29.6 Å². The molecular weight excluding hydrogens is 697 g/mol. The number of aliphatic hydroxyl groups excluding tert-OH is 1. The minimum absolute atomic E-state index is 0.00788. The first-order valence-electron chi connectivity index (χ1n) is 20.8. The van der Waals surface area contributed by atoms with Gasteiger partial charge in [-0.15, -0.1) is 0 Å². The molecule has 1 fully saturated rings. The molecule has 55 heavy (non-hydrogen) atoms. The van der Waals surface area contributed by atoms with Crippen LogP contribution in [0.1, 0.15) is 119 Å². The molecule has 1 aliphatic rings. The van der Waals surface area contributed by atoms with E-state index in [-0.39, 0.29) is 72.2 Å². The number of Topliss-reactive ketones (excluding diaryl/α,β-unsaturated/α-hetero) is 1. The van der Waals surface area contributed by atoms with Gasteiger partial charge in [0.2, 0.25) is 17.7 Å². The lowest BCUT2D eigenvalue weighted by atomic mass is 9.81. The number of hydrogen-bond donors (Lipinski definition) is 2. The van der Waals surface area contributed by atoms with Crippen molar-refractivity contribution in [2.75, 3.05) is 34.9 Å². The van der Waals surface area contributed by atoms with E-state index in [4.69, 9.17) is 9.47 Å². The van der Waals surface area contributed by atoms with Crippen LogP contribution in [-0.2, 0) is 28.7 Å². The number of benzene rings is 1. The molecule has 0 bridgehead atoms. The number of methoxy groups -OCH3 is 2. The standard InChI is InChI=1S/C44H76N4O7/c1-15-29(7)34(25-36(49)39(27(3)4)46(11)28(5)6)44(53)47(12)40(30(8)16-2)37(54-13)26-38(50)48-24-20-23-35(48)42(55-14)31(9)43(52)45-32(10)41(51)33-21-18-17-19-22-33/h17-19,21-22,27-32,34-35,37,39-42,51H,15-16,20,23-26H2,1-14H3,(H,45,52)/t29-,30-,31+,32+,34-,35-,37+,39-,40-,41+,42+/m0/s1. The molecule has 2 rings (SSSR count). The Balaban J connectivity index is 2.30. The molecule has 0 spiro atoms. The lowest BCUT2D eigenvalue weighted by Crippen LogP contribution is -2.55. The largest absolute Gasteiger partial charge is 0.386 e. The number of likely N-dealkylation sites (N-methyl/N-ethyl adjacent to an activating group) is 2. The maximum atomic E-state index is 14.6. The van der Waals surface area contributed by atoms with Crippen LogP contribution in [0.3, 0.4) is 0 Å². The van der Waals surface area contributed by atoms with E-state index >= 15 is 0 Å². The summed E-state index contributed by atoms with van der Waals surface area (Å²) in [5, 5.41) is 13.8. The van der Waals surface area contributed by atoms with Gasteiger partial charge < -0.3 is 29.7 Å². The smallest absolute Gasteiger partial charge is 0.226 e. The second-order valence-corrected chi connectivity index (χ2v) is 16.9. The number of aliphatic hydroxyl groups is 1. The van der Waals surface area contributed by atoms with Crippen molar-refractivity contribution in [2.45, 2.75) is 156 Å². The third-order valence-corrected chi connectivity index (χ3v) is 12.5. The van der Waals surface area contributed by atoms with Crippen LogP contribution < -0.4 is 5.32 Å². The fourth-order valence-electron chi connectivity index (χ4n) is 8.49. The Morgan fingerprint density at radius 1 is 0.891 bits per heavy atom. The topological polar surface area (TPSA) is 129 Å². The highest BCUT2D eigenvalue weighted by molar-refractivity contribution is 5.90. The minimum atomic E-state index is -0.873. The first kappa shape index (κ1) is 48.3. The average molecular weight is 773 g/mol. The number of amides is 3. The van der Waals surface area contributed by atoms with Gasteiger partial charge in [0.05, 0.1) is 54.8 Å². The van der Waals surface area contributed by atoms with Gasteiger partial charge in [0, 0.05) is 46.2 Å². The predicted molar refractivity (Wildman–Crippen MR) is 219 cm³/mol. The SMILES string of the molecule is CC[C@H](C)[C@@H]([C@@H](CC(=O)N1CCC[C@H]1[C@H](OC)[C@@H](C)C(=O)N[C@H](C)[C@@H](O)c1ccccc1)OC)N(C)C(=O)[C@@H](CC(=O)[C@H](C(C)C)N(C)C(C)C)[C@@H](C)CC. The van der Waals surface area contributed by atoms with Crippen molar-refractivity contribution in [3.63, 3.8) is 0 Å². The van der Waals surface area contributed by atoms with E-state index in [9.17, 15) is 24.3 Å². The van der Waals surface area contributed by atoms with Gasteiger partial charge in [0.15, 0.2) is 5.78 Å². The molecule has 1 aromatic carbocycles. The van der Waals surface area contributed by atoms with Crippen molar-refractivity contribution in [3.05, 3.63) is 35.9 Å². The summed E-state index contributed by atoms with van der Waals surface area (Å²) in [6, 6.07) is 7.84. The van der Waals surface area contributed by atoms with Gasteiger partial charge in [0.1, 0.15) is 0 Å². The van der Waals surface area contributed by atoms with Gasteiger partial charge in [-0.25, -0.2) is 0 Å². The molecule has 1 heterocycles. The zero-order chi connectivity index (χ0) is 41.7. The van der Waals surface area contributed by atoms with Crippen molar-refractivity contribution in [1.29, 1.82) is 0 Å². The van der Waals surface area contributed by atoms with Crippen LogP contribution in [0.5, 0.6) is 0 Å². The summed E-state index contributed by atoms with van der Waals surface area (Å²) in [5.74, 6) is -1.40. The van der Waals surface area contributed by atoms with Crippen molar-refractivity contribution >= 4 is 23.5 Å². The molecule has 11 heteroatoms. The van der Waals surface area contributed by atoms with E-state index in [1.807, 2.05) is 49.2 Å². The maximum absolute atomic E-state index is 14.6. The van der Waals surface area contributed by atoms with Crippen LogP contribution >= 0.6 is 0 Å². The van der Waals surface area contributed by atoms with Crippen molar-refractivity contribution < 1.29 is 33.8 Å². The number of ether oxygens (including phenoxy) is 2. The number of nitrogens with one attached hydrogen (secondary N) is 1. The van der Waals surface area contributed by atoms with Crippen LogP contribution in [0.2, 0.25) is 0 Å². The van der Waals surface area contributed by atoms with Crippen molar-refractivity contribution in [1.82, 2.24) is 20.0 Å². The maximum Gasteiger partial charge on any atom is 0.226 e. The number of ketones is 1. The lowest BCUT2D eigenvalue weighted by Gasteiger charge is -2.41. The van der Waals surface area contributed by atoms with Crippen LogP contribution in [0.15, 0.2) is 30.3 Å². The first-order chi connectivity index (χ1) is 25.9. The Morgan fingerprint density at radius 2 is 1.49 bits per heavy atom. The van der Waals surface area contributed by atoms with E-state index < -0.39 is 42.2 Å². The van der Waals surface area contributed by atoms with Gasteiger partial charge in [-0.2, -0.15) is 0 Å². The number of hydrogen-bond acceptors (Lipinski definition) is 8. The van der Waals surface area contributed by atoms with Gasteiger partial charge in [-0.05, 0) is 64.0 Å². The molecule has 1 aromatic rings. The summed E-state index contributed by atoms with van der Waals surface area (Å²) in [7, 11) is 6.93. The second-order valence-electron chi connectivity index (χ2n) is 16.9. The van der Waals surface area contributed by atoms with Gasteiger partial charge in [-0.3, -0.25) is 24.1 Å². The molecule has 0 radical (unpaired) electrons. The van der Waals surface area contributed by atoms with E-state index in [1.165, 1.54) is 0 Å². The molecule has 1 saturated heterocycles. The zero-order valence-electron chi connectivity index (χ0n) is 36.6. The van der Waals surface area contributed by atoms with Crippen LogP contribution in [0.25, 0.3) is 0 Å². The molecule has 0 saturated carbocycles. The summed E-state index contributed by atoms with van der Waals surface area (Å²) in [6.45, 7) is 20.6. The molecule has 0 aromatic heterocycles. The number of nitrogens with zero attached hydrogens (tertiary/aromatic N) is 3. The third-order valence-electron chi connectivity index (χ3n) is 12.5. The highest BCUT2D eigenvalue weighted by Gasteiger charge is 2.43. The van der Waals surface area contributed by atoms with Crippen LogP contribution in [-0.4, -0.2) is 121 Å². The quantitative estimate of drug-likeness (QED) is 0.136. The molecule has 0 unspecified atom stereocenters. The Bertz CT molecular complexity index is 1340. The van der Waals surface area contributed by atoms with Gasteiger partial charge in [0.25, 0.3) is 0 Å². The van der Waals surface area contributed by atoms with Crippen molar-refractivity contribution in [3.8, 4) is 0 Å². The Morgan fingerprint density at radius 3 is 2.00 bits per heavy atom. The fourth-order valence-corrected chi connectivity index (χ4v) is 8.49. The number of carbonyl (C=O) groups excluding carboxylic acids is 4. The Hall–Kier alpha value is -2.86. The van der Waals surface area contributed by atoms with E-state index in [1.54, 1.807) is 40.0 Å². The third kappa shape index (κ3) is 12.6. The molecule has 11 atom stereocenters. The van der Waals surface area contributed by atoms with Gasteiger partial charge >= 0.3 is 0 Å². The first-order valence-corrected chi connectivity index (χ1v) is 20.8. The fraction of sp³-hybridized carbons (Fsp3) is 0.773. The number of carbonyl (C=O) groups is 4.